The zero-order chi connectivity index (χ0) is 23.6. The van der Waals surface area contributed by atoms with Crippen LogP contribution in [-0.4, -0.2) is 73.2 Å². The van der Waals surface area contributed by atoms with E-state index in [1.165, 1.54) is 76.6 Å². The Kier molecular flexibility index (Phi) is 7.20. The molecule has 4 aliphatic heterocycles. The van der Waals surface area contributed by atoms with Gasteiger partial charge in [-0.2, -0.15) is 0 Å². The Bertz CT molecular complexity index is 877. The predicted octanol–water partition coefficient (Wildman–Crippen LogP) is 4.05. The SMILES string of the molecule is O=C(NC1CCN(C[C@@H]2CCCN3CCCC[C@H]23)CC1)C1Cc2c(cccc2OCC2CCC2)N1. The van der Waals surface area contributed by atoms with Gasteiger partial charge in [-0.1, -0.05) is 18.9 Å². The Morgan fingerprint density at radius 2 is 1.83 bits per heavy atom. The standard InChI is InChI=1S/C29H44N4O2/c34-29(26-18-24-25(31-26)9-4-11-28(24)35-20-21-6-3-7-21)30-23-12-16-32(17-13-23)19-22-8-5-15-33-14-2-1-10-27(22)33/h4,9,11,21-23,26-27,31H,1-3,5-8,10,12-20H2,(H,30,34)/t22-,26?,27+/m0/s1. The number of ether oxygens (including phenoxy) is 1. The molecule has 192 valence electrons. The molecule has 1 aliphatic carbocycles. The van der Waals surface area contributed by atoms with Crippen molar-refractivity contribution in [1.82, 2.24) is 15.1 Å². The molecular formula is C29H44N4O2. The Morgan fingerprint density at radius 3 is 2.66 bits per heavy atom. The van der Waals surface area contributed by atoms with Crippen LogP contribution in [0.4, 0.5) is 5.69 Å². The largest absolute Gasteiger partial charge is 0.493 e. The van der Waals surface area contributed by atoms with Crippen LogP contribution < -0.4 is 15.4 Å². The summed E-state index contributed by atoms with van der Waals surface area (Å²) >= 11 is 0. The number of nitrogens with zero attached hydrogens (tertiary/aromatic N) is 2. The van der Waals surface area contributed by atoms with Crippen molar-refractivity contribution < 1.29 is 9.53 Å². The van der Waals surface area contributed by atoms with E-state index in [0.29, 0.717) is 12.0 Å². The summed E-state index contributed by atoms with van der Waals surface area (Å²) in [5.74, 6) is 2.67. The number of rotatable bonds is 7. The second-order valence-corrected chi connectivity index (χ2v) is 11.9. The first-order chi connectivity index (χ1) is 17.2. The molecule has 1 amide bonds. The molecule has 6 heteroatoms. The van der Waals surface area contributed by atoms with E-state index in [4.69, 9.17) is 4.74 Å². The molecule has 1 aromatic carbocycles. The van der Waals surface area contributed by atoms with Gasteiger partial charge in [-0.25, -0.2) is 0 Å². The summed E-state index contributed by atoms with van der Waals surface area (Å²) in [6.45, 7) is 6.94. The normalized spacial score (nSPS) is 30.1. The van der Waals surface area contributed by atoms with Gasteiger partial charge in [0, 0.05) is 49.4 Å². The van der Waals surface area contributed by atoms with E-state index in [1.54, 1.807) is 0 Å². The topological polar surface area (TPSA) is 56.8 Å². The average Bonchev–Trinajstić information content (AvgIpc) is 3.30. The number of benzene rings is 1. The summed E-state index contributed by atoms with van der Waals surface area (Å²) in [5.41, 5.74) is 2.24. The molecule has 1 saturated carbocycles. The van der Waals surface area contributed by atoms with E-state index >= 15 is 0 Å². The van der Waals surface area contributed by atoms with Crippen LogP contribution in [0.1, 0.15) is 69.8 Å². The van der Waals surface area contributed by atoms with E-state index < -0.39 is 0 Å². The summed E-state index contributed by atoms with van der Waals surface area (Å²) in [6, 6.07) is 7.13. The van der Waals surface area contributed by atoms with Gasteiger partial charge in [0.1, 0.15) is 11.8 Å². The zero-order valence-electron chi connectivity index (χ0n) is 21.4. The second-order valence-electron chi connectivity index (χ2n) is 11.9. The molecule has 0 spiro atoms. The van der Waals surface area contributed by atoms with E-state index in [9.17, 15) is 4.79 Å². The van der Waals surface area contributed by atoms with Crippen molar-refractivity contribution in [2.24, 2.45) is 11.8 Å². The molecular weight excluding hydrogens is 436 g/mol. The fourth-order valence-corrected chi connectivity index (χ4v) is 7.20. The van der Waals surface area contributed by atoms with E-state index in [1.807, 2.05) is 6.07 Å². The number of amides is 1. The van der Waals surface area contributed by atoms with E-state index in [-0.39, 0.29) is 11.9 Å². The number of nitrogens with one attached hydrogen (secondary N) is 2. The monoisotopic (exact) mass is 480 g/mol. The summed E-state index contributed by atoms with van der Waals surface area (Å²) in [5, 5.41) is 6.84. The summed E-state index contributed by atoms with van der Waals surface area (Å²) in [7, 11) is 0. The van der Waals surface area contributed by atoms with Gasteiger partial charge in [0.25, 0.3) is 0 Å². The minimum atomic E-state index is -0.184. The first kappa shape index (κ1) is 23.6. The van der Waals surface area contributed by atoms with Crippen molar-refractivity contribution in [3.05, 3.63) is 23.8 Å². The van der Waals surface area contributed by atoms with E-state index in [0.717, 1.165) is 62.4 Å². The van der Waals surface area contributed by atoms with Crippen molar-refractivity contribution in [3.63, 3.8) is 0 Å². The molecule has 4 fully saturated rings. The number of fused-ring (bicyclic) bond motifs is 2. The second kappa shape index (κ2) is 10.7. The Balaban J connectivity index is 0.962. The third-order valence-electron chi connectivity index (χ3n) is 9.54. The van der Waals surface area contributed by atoms with Crippen LogP contribution in [0, 0.1) is 11.8 Å². The van der Waals surface area contributed by atoms with Crippen LogP contribution >= 0.6 is 0 Å². The van der Waals surface area contributed by atoms with Crippen LogP contribution in [-0.2, 0) is 11.2 Å². The maximum absolute atomic E-state index is 13.1. The molecule has 0 bridgehead atoms. The maximum atomic E-state index is 13.1. The van der Waals surface area contributed by atoms with Crippen molar-refractivity contribution in [2.75, 3.05) is 44.6 Å². The van der Waals surface area contributed by atoms with Crippen molar-refractivity contribution in [3.8, 4) is 5.75 Å². The molecule has 1 aromatic rings. The van der Waals surface area contributed by atoms with Gasteiger partial charge in [-0.15, -0.1) is 0 Å². The number of carbonyl (C=O) groups is 1. The highest BCUT2D eigenvalue weighted by molar-refractivity contribution is 5.88. The molecule has 2 N–H and O–H groups in total. The third-order valence-corrected chi connectivity index (χ3v) is 9.54. The third kappa shape index (κ3) is 5.34. The minimum absolute atomic E-state index is 0.148. The molecule has 1 unspecified atom stereocenters. The fourth-order valence-electron chi connectivity index (χ4n) is 7.20. The quantitative estimate of drug-likeness (QED) is 0.617. The maximum Gasteiger partial charge on any atom is 0.243 e. The number of anilines is 1. The van der Waals surface area contributed by atoms with Crippen molar-refractivity contribution in [1.29, 1.82) is 0 Å². The highest BCUT2D eigenvalue weighted by Gasteiger charge is 2.35. The minimum Gasteiger partial charge on any atom is -0.493 e. The van der Waals surface area contributed by atoms with E-state index in [2.05, 4.69) is 32.6 Å². The van der Waals surface area contributed by atoms with Gasteiger partial charge < -0.3 is 25.2 Å². The van der Waals surface area contributed by atoms with Crippen LogP contribution in [0.5, 0.6) is 5.75 Å². The van der Waals surface area contributed by atoms with Gasteiger partial charge >= 0.3 is 0 Å². The van der Waals surface area contributed by atoms with Crippen molar-refractivity contribution in [2.45, 2.75) is 88.8 Å². The van der Waals surface area contributed by atoms with Gasteiger partial charge in [-0.3, -0.25) is 4.79 Å². The Hall–Kier alpha value is -1.79. The molecule has 6 nitrogen and oxygen atoms in total. The number of hydrogen-bond donors (Lipinski definition) is 2. The molecule has 5 aliphatic rings. The lowest BCUT2D eigenvalue weighted by atomic mass is 9.83. The summed E-state index contributed by atoms with van der Waals surface area (Å²) < 4.78 is 6.16. The zero-order valence-corrected chi connectivity index (χ0v) is 21.4. The molecule has 0 aromatic heterocycles. The highest BCUT2D eigenvalue weighted by Crippen LogP contribution is 2.36. The molecule has 6 rings (SSSR count). The number of piperidine rings is 3. The van der Waals surface area contributed by atoms with Crippen LogP contribution in [0.3, 0.4) is 0 Å². The summed E-state index contributed by atoms with van der Waals surface area (Å²) in [4.78, 5) is 18.6. The molecule has 3 atom stereocenters. The number of likely N-dealkylation sites (tertiary alicyclic amines) is 1. The first-order valence-electron chi connectivity index (χ1n) is 14.5. The lowest BCUT2D eigenvalue weighted by molar-refractivity contribution is -0.122. The Labute approximate surface area is 211 Å². The lowest BCUT2D eigenvalue weighted by Gasteiger charge is -2.46. The molecule has 4 heterocycles. The number of hydrogen-bond acceptors (Lipinski definition) is 5. The predicted molar refractivity (Wildman–Crippen MR) is 140 cm³/mol. The Morgan fingerprint density at radius 1 is 0.971 bits per heavy atom. The molecule has 3 saturated heterocycles. The van der Waals surface area contributed by atoms with Gasteiger partial charge in [0.15, 0.2) is 0 Å². The van der Waals surface area contributed by atoms with Gasteiger partial charge in [0.05, 0.1) is 6.61 Å². The van der Waals surface area contributed by atoms with Gasteiger partial charge in [0.2, 0.25) is 5.91 Å². The smallest absolute Gasteiger partial charge is 0.243 e. The fraction of sp³-hybridized carbons (Fsp3) is 0.759. The highest BCUT2D eigenvalue weighted by atomic mass is 16.5. The van der Waals surface area contributed by atoms with Gasteiger partial charge in [-0.05, 0) is 88.4 Å². The lowest BCUT2D eigenvalue weighted by Crippen LogP contribution is -2.53. The summed E-state index contributed by atoms with van der Waals surface area (Å²) in [6.07, 6.45) is 13.8. The van der Waals surface area contributed by atoms with Crippen LogP contribution in [0.15, 0.2) is 18.2 Å². The van der Waals surface area contributed by atoms with Crippen LogP contribution in [0.2, 0.25) is 0 Å². The van der Waals surface area contributed by atoms with Crippen molar-refractivity contribution >= 4 is 11.6 Å². The molecule has 35 heavy (non-hydrogen) atoms. The first-order valence-corrected chi connectivity index (χ1v) is 14.5. The number of carbonyl (C=O) groups excluding carboxylic acids is 1. The van der Waals surface area contributed by atoms with Crippen LogP contribution in [0.25, 0.3) is 0 Å². The average molecular weight is 481 g/mol. The molecule has 0 radical (unpaired) electrons.